The smallest absolute Gasteiger partial charge is 0.296 e. The molecule has 0 aliphatic heterocycles. The van der Waals surface area contributed by atoms with Gasteiger partial charge in [0.2, 0.25) is 5.13 Å². The predicted octanol–water partition coefficient (Wildman–Crippen LogP) is 4.99. The number of pyridine rings is 2. The number of hydrogen-bond acceptors (Lipinski definition) is 9. The number of nitrogens with one attached hydrogen (secondary N) is 1. The van der Waals surface area contributed by atoms with Crippen LogP contribution in [0.15, 0.2) is 48.8 Å². The quantitative estimate of drug-likeness (QED) is 0.336. The molecule has 1 atom stereocenters. The van der Waals surface area contributed by atoms with E-state index in [0.29, 0.717) is 22.7 Å². The van der Waals surface area contributed by atoms with Crippen LogP contribution < -0.4 is 14.8 Å². The van der Waals surface area contributed by atoms with Crippen molar-refractivity contribution in [2.45, 2.75) is 26.6 Å². The Balaban J connectivity index is 1.48. The zero-order valence-corrected chi connectivity index (χ0v) is 20.9. The molecule has 0 fully saturated rings. The van der Waals surface area contributed by atoms with Crippen LogP contribution >= 0.6 is 11.3 Å². The van der Waals surface area contributed by atoms with Crippen molar-refractivity contribution >= 4 is 22.4 Å². The maximum atomic E-state index is 14.8. The van der Waals surface area contributed by atoms with E-state index in [-0.39, 0.29) is 34.2 Å². The van der Waals surface area contributed by atoms with Crippen molar-refractivity contribution in [2.75, 3.05) is 19.5 Å². The minimum Gasteiger partial charge on any atom is -0.496 e. The number of nitrogens with zero attached hydrogens (tertiary/aromatic N) is 4. The third-order valence-electron chi connectivity index (χ3n) is 5.39. The summed E-state index contributed by atoms with van der Waals surface area (Å²) in [5.74, 6) is -0.728. The zero-order chi connectivity index (χ0) is 25.7. The molecule has 0 radical (unpaired) electrons. The molecule has 4 rings (SSSR count). The van der Waals surface area contributed by atoms with Gasteiger partial charge < -0.3 is 14.2 Å². The van der Waals surface area contributed by atoms with E-state index in [1.807, 2.05) is 19.1 Å². The van der Waals surface area contributed by atoms with Gasteiger partial charge in [-0.25, -0.2) is 4.39 Å². The fourth-order valence-electron chi connectivity index (χ4n) is 3.40. The first-order valence-electron chi connectivity index (χ1n) is 10.9. The van der Waals surface area contributed by atoms with Gasteiger partial charge in [-0.05, 0) is 55.0 Å². The summed E-state index contributed by atoms with van der Waals surface area (Å²) in [6.45, 7) is 3.88. The van der Waals surface area contributed by atoms with Crippen molar-refractivity contribution in [3.8, 4) is 22.1 Å². The fraction of sp³-hybridized carbons (Fsp3) is 0.240. The second kappa shape index (κ2) is 11.2. The SMILES string of the molecule is COc1cccc(F)c1-c1cc(C)ncc1C(=O)Nc1nnc(OCc2ccc([C@@H](C)OC)cn2)s1. The lowest BCUT2D eigenvalue weighted by molar-refractivity contribution is 0.102. The summed E-state index contributed by atoms with van der Waals surface area (Å²) in [5.41, 5.74) is 2.98. The van der Waals surface area contributed by atoms with Gasteiger partial charge in [-0.15, -0.1) is 5.10 Å². The van der Waals surface area contributed by atoms with Gasteiger partial charge in [-0.2, -0.15) is 0 Å². The van der Waals surface area contributed by atoms with E-state index in [0.717, 1.165) is 16.9 Å². The van der Waals surface area contributed by atoms with Gasteiger partial charge >= 0.3 is 0 Å². The average Bonchev–Trinajstić information content (AvgIpc) is 3.34. The summed E-state index contributed by atoms with van der Waals surface area (Å²) < 4.78 is 31.0. The largest absolute Gasteiger partial charge is 0.496 e. The van der Waals surface area contributed by atoms with Gasteiger partial charge in [0.05, 0.1) is 30.0 Å². The third kappa shape index (κ3) is 5.64. The summed E-state index contributed by atoms with van der Waals surface area (Å²) in [6.07, 6.45) is 3.08. The molecule has 1 aromatic carbocycles. The highest BCUT2D eigenvalue weighted by atomic mass is 32.1. The molecular formula is C25H24FN5O4S. The number of benzene rings is 1. The molecule has 0 aliphatic carbocycles. The van der Waals surface area contributed by atoms with E-state index in [4.69, 9.17) is 14.2 Å². The molecule has 1 N–H and O–H groups in total. The molecule has 1 amide bonds. The highest BCUT2D eigenvalue weighted by Gasteiger charge is 2.21. The summed E-state index contributed by atoms with van der Waals surface area (Å²) in [4.78, 5) is 21.7. The average molecular weight is 510 g/mol. The van der Waals surface area contributed by atoms with Gasteiger partial charge in [-0.3, -0.25) is 20.1 Å². The molecule has 186 valence electrons. The van der Waals surface area contributed by atoms with Crippen molar-refractivity contribution in [1.29, 1.82) is 0 Å². The van der Waals surface area contributed by atoms with Crippen molar-refractivity contribution in [1.82, 2.24) is 20.2 Å². The monoisotopic (exact) mass is 509 g/mol. The van der Waals surface area contributed by atoms with Gasteiger partial charge in [0.1, 0.15) is 18.2 Å². The third-order valence-corrected chi connectivity index (χ3v) is 6.14. The number of aryl methyl sites for hydroxylation is 1. The highest BCUT2D eigenvalue weighted by molar-refractivity contribution is 7.17. The van der Waals surface area contributed by atoms with Gasteiger partial charge in [0.25, 0.3) is 11.1 Å². The molecule has 36 heavy (non-hydrogen) atoms. The molecule has 0 aliphatic rings. The highest BCUT2D eigenvalue weighted by Crippen LogP contribution is 2.35. The van der Waals surface area contributed by atoms with E-state index in [1.165, 1.54) is 25.4 Å². The summed E-state index contributed by atoms with van der Waals surface area (Å²) >= 11 is 1.06. The van der Waals surface area contributed by atoms with Gasteiger partial charge in [0, 0.05) is 30.8 Å². The number of carbonyl (C=O) groups excluding carboxylic acids is 1. The number of halogens is 1. The number of hydrogen-bond donors (Lipinski definition) is 1. The number of rotatable bonds is 9. The molecule has 9 nitrogen and oxygen atoms in total. The Morgan fingerprint density at radius 3 is 2.69 bits per heavy atom. The Morgan fingerprint density at radius 1 is 1.14 bits per heavy atom. The lowest BCUT2D eigenvalue weighted by Crippen LogP contribution is -2.14. The van der Waals surface area contributed by atoms with Crippen LogP contribution in [0.3, 0.4) is 0 Å². The number of amides is 1. The van der Waals surface area contributed by atoms with Crippen molar-refractivity contribution < 1.29 is 23.4 Å². The van der Waals surface area contributed by atoms with Crippen molar-refractivity contribution in [2.24, 2.45) is 0 Å². The standard InChI is InChI=1S/C25H24FN5O4S/c1-14-10-18(22-20(26)6-5-7-21(22)34-4)19(12-27-14)23(32)29-24-30-31-25(36-24)35-13-17-9-8-16(11-28-17)15(2)33-3/h5-12,15H,13H2,1-4H3,(H,29,30,32)/t15-/m1/s1. The van der Waals surface area contributed by atoms with Crippen LogP contribution in [0.1, 0.15) is 40.3 Å². The van der Waals surface area contributed by atoms with Crippen LogP contribution in [-0.2, 0) is 11.3 Å². The predicted molar refractivity (Wildman–Crippen MR) is 133 cm³/mol. The Hall–Kier alpha value is -3.96. The van der Waals surface area contributed by atoms with Crippen LogP contribution in [0.4, 0.5) is 9.52 Å². The molecular weight excluding hydrogens is 485 g/mol. The zero-order valence-electron chi connectivity index (χ0n) is 20.1. The number of carbonyl (C=O) groups is 1. The van der Waals surface area contributed by atoms with Crippen LogP contribution in [0.2, 0.25) is 0 Å². The molecule has 0 bridgehead atoms. The first-order valence-corrected chi connectivity index (χ1v) is 11.8. The minimum absolute atomic E-state index is 0.0504. The van der Waals surface area contributed by atoms with E-state index in [9.17, 15) is 9.18 Å². The van der Waals surface area contributed by atoms with E-state index in [1.54, 1.807) is 32.4 Å². The Bertz CT molecular complexity index is 1360. The van der Waals surface area contributed by atoms with Crippen molar-refractivity contribution in [3.05, 3.63) is 77.1 Å². The molecule has 3 aromatic heterocycles. The minimum atomic E-state index is -0.518. The van der Waals surface area contributed by atoms with Crippen molar-refractivity contribution in [3.63, 3.8) is 0 Å². The van der Waals surface area contributed by atoms with E-state index >= 15 is 0 Å². The Labute approximate surface area is 211 Å². The summed E-state index contributed by atoms with van der Waals surface area (Å²) in [7, 11) is 3.08. The molecule has 0 saturated carbocycles. The van der Waals surface area contributed by atoms with Crippen LogP contribution in [0.25, 0.3) is 11.1 Å². The number of anilines is 1. The lowest BCUT2D eigenvalue weighted by Gasteiger charge is -2.14. The van der Waals surface area contributed by atoms with E-state index in [2.05, 4.69) is 25.5 Å². The summed E-state index contributed by atoms with van der Waals surface area (Å²) in [5, 5.41) is 11.1. The molecule has 3 heterocycles. The maximum Gasteiger partial charge on any atom is 0.296 e. The first kappa shape index (κ1) is 25.1. The molecule has 0 unspecified atom stereocenters. The fourth-order valence-corrected chi connectivity index (χ4v) is 3.99. The normalized spacial score (nSPS) is 11.7. The topological polar surface area (TPSA) is 108 Å². The molecule has 0 spiro atoms. The molecule has 0 saturated heterocycles. The number of ether oxygens (including phenoxy) is 3. The molecule has 11 heteroatoms. The van der Waals surface area contributed by atoms with Gasteiger partial charge in [0.15, 0.2) is 0 Å². The second-order valence-corrected chi connectivity index (χ2v) is 8.71. The lowest BCUT2D eigenvalue weighted by atomic mass is 9.98. The molecule has 4 aromatic rings. The van der Waals surface area contributed by atoms with E-state index < -0.39 is 11.7 Å². The number of methoxy groups -OCH3 is 2. The number of aromatic nitrogens is 4. The summed E-state index contributed by atoms with van der Waals surface area (Å²) in [6, 6.07) is 9.88. The van der Waals surface area contributed by atoms with Crippen LogP contribution in [0.5, 0.6) is 10.9 Å². The Kier molecular flexibility index (Phi) is 7.81. The Morgan fingerprint density at radius 2 is 1.97 bits per heavy atom. The first-order chi connectivity index (χ1) is 17.4. The van der Waals surface area contributed by atoms with Crippen LogP contribution in [-0.4, -0.2) is 40.3 Å². The second-order valence-electron chi connectivity index (χ2n) is 7.77. The van der Waals surface area contributed by atoms with Gasteiger partial charge in [-0.1, -0.05) is 17.2 Å². The maximum absolute atomic E-state index is 14.8. The van der Waals surface area contributed by atoms with Crippen LogP contribution in [0, 0.1) is 12.7 Å².